The number of pyridine rings is 2. The van der Waals surface area contributed by atoms with Crippen molar-refractivity contribution in [2.45, 2.75) is 13.5 Å². The lowest BCUT2D eigenvalue weighted by Gasteiger charge is -2.15. The number of carbonyl (C=O) groups excluding carboxylic acids is 1. The summed E-state index contributed by atoms with van der Waals surface area (Å²) in [5.41, 5.74) is -0.187. The van der Waals surface area contributed by atoms with E-state index in [0.29, 0.717) is 18.7 Å². The zero-order chi connectivity index (χ0) is 17.9. The Kier molecular flexibility index (Phi) is 5.71. The Morgan fingerprint density at radius 2 is 2.12 bits per heavy atom. The number of rotatable bonds is 6. The minimum atomic E-state index is -1.75. The Hall–Kier alpha value is -2.23. The van der Waals surface area contributed by atoms with Crippen LogP contribution >= 0.6 is 0 Å². The van der Waals surface area contributed by atoms with Gasteiger partial charge in [0, 0.05) is 30.9 Å². The molecule has 2 N–H and O–H groups in total. The first kappa shape index (κ1) is 18.1. The van der Waals surface area contributed by atoms with E-state index < -0.39 is 18.5 Å². The lowest BCUT2D eigenvalue weighted by Crippen LogP contribution is -2.32. The Balaban J connectivity index is 2.67. The maximum Gasteiger partial charge on any atom is 0.490 e. The van der Waals surface area contributed by atoms with Crippen molar-refractivity contribution < 1.29 is 19.6 Å². The molecule has 128 valence electrons. The third kappa shape index (κ3) is 3.81. The minimum Gasteiger partial charge on any atom is -0.462 e. The molecule has 0 atom stereocenters. The molecule has 0 spiro atoms. The zero-order valence-electron chi connectivity index (χ0n) is 13.9. The molecule has 9 heteroatoms. The smallest absolute Gasteiger partial charge is 0.462 e. The first-order valence-electron chi connectivity index (χ1n) is 7.56. The maximum absolute atomic E-state index is 12.6. The van der Waals surface area contributed by atoms with Crippen LogP contribution in [0.4, 0.5) is 0 Å². The number of aromatic nitrogens is 2. The average molecular weight is 333 g/mol. The van der Waals surface area contributed by atoms with E-state index in [-0.39, 0.29) is 23.0 Å². The molecule has 2 aromatic rings. The fourth-order valence-electron chi connectivity index (χ4n) is 2.26. The summed E-state index contributed by atoms with van der Waals surface area (Å²) < 4.78 is 6.63. The number of carbonyl (C=O) groups is 1. The molecule has 0 aliphatic carbocycles. The van der Waals surface area contributed by atoms with Crippen LogP contribution in [0.3, 0.4) is 0 Å². The number of nitrogens with zero attached hydrogens (tertiary/aromatic N) is 3. The van der Waals surface area contributed by atoms with Crippen LogP contribution in [0.15, 0.2) is 23.3 Å². The highest BCUT2D eigenvalue weighted by atomic mass is 16.5. The molecule has 0 aliphatic rings. The van der Waals surface area contributed by atoms with Crippen LogP contribution < -0.4 is 10.9 Å². The molecule has 2 rings (SSSR count). The summed E-state index contributed by atoms with van der Waals surface area (Å²) in [6, 6.07) is 1.34. The predicted molar refractivity (Wildman–Crippen MR) is 90.3 cm³/mol. The van der Waals surface area contributed by atoms with Crippen LogP contribution in [0.5, 0.6) is 0 Å². The monoisotopic (exact) mass is 333 g/mol. The van der Waals surface area contributed by atoms with Gasteiger partial charge in [-0.1, -0.05) is 0 Å². The van der Waals surface area contributed by atoms with Gasteiger partial charge in [0.05, 0.1) is 12.0 Å². The Labute approximate surface area is 139 Å². The van der Waals surface area contributed by atoms with Crippen molar-refractivity contribution in [1.29, 1.82) is 0 Å². The van der Waals surface area contributed by atoms with Crippen molar-refractivity contribution in [2.24, 2.45) is 0 Å². The van der Waals surface area contributed by atoms with E-state index in [1.807, 2.05) is 19.0 Å². The van der Waals surface area contributed by atoms with Gasteiger partial charge in [0.15, 0.2) is 0 Å². The second-order valence-corrected chi connectivity index (χ2v) is 5.60. The highest BCUT2D eigenvalue weighted by Gasteiger charge is 2.20. The van der Waals surface area contributed by atoms with Crippen molar-refractivity contribution in [3.63, 3.8) is 0 Å². The largest absolute Gasteiger partial charge is 0.490 e. The summed E-state index contributed by atoms with van der Waals surface area (Å²) in [5.74, 6) is -0.710. The molecule has 0 aliphatic heterocycles. The van der Waals surface area contributed by atoms with E-state index in [4.69, 9.17) is 4.74 Å². The van der Waals surface area contributed by atoms with Crippen LogP contribution in [-0.4, -0.2) is 64.8 Å². The van der Waals surface area contributed by atoms with Gasteiger partial charge in [0.1, 0.15) is 11.2 Å². The Bertz CT molecular complexity index is 804. The molecule has 0 radical (unpaired) electrons. The summed E-state index contributed by atoms with van der Waals surface area (Å²) >= 11 is 0. The third-order valence-corrected chi connectivity index (χ3v) is 3.52. The van der Waals surface area contributed by atoms with Gasteiger partial charge in [0.25, 0.3) is 0 Å². The second kappa shape index (κ2) is 7.56. The number of fused-ring (bicyclic) bond motifs is 1. The summed E-state index contributed by atoms with van der Waals surface area (Å²) in [6.07, 6.45) is 2.73. The molecule has 8 nitrogen and oxygen atoms in total. The van der Waals surface area contributed by atoms with E-state index in [2.05, 4.69) is 4.98 Å². The normalized spacial score (nSPS) is 11.1. The number of hydrogen-bond acceptors (Lipinski definition) is 7. The van der Waals surface area contributed by atoms with Crippen molar-refractivity contribution in [3.8, 4) is 0 Å². The topological polar surface area (TPSA) is 105 Å². The van der Waals surface area contributed by atoms with Gasteiger partial charge in [-0.15, -0.1) is 0 Å². The van der Waals surface area contributed by atoms with Gasteiger partial charge in [-0.3, -0.25) is 4.79 Å². The Morgan fingerprint density at radius 1 is 1.42 bits per heavy atom. The molecular weight excluding hydrogens is 313 g/mol. The highest BCUT2D eigenvalue weighted by molar-refractivity contribution is 6.58. The molecule has 2 heterocycles. The fourth-order valence-corrected chi connectivity index (χ4v) is 2.26. The van der Waals surface area contributed by atoms with Crippen LogP contribution in [0, 0.1) is 0 Å². The van der Waals surface area contributed by atoms with E-state index in [1.54, 1.807) is 11.5 Å². The van der Waals surface area contributed by atoms with Crippen molar-refractivity contribution in [1.82, 2.24) is 14.5 Å². The summed E-state index contributed by atoms with van der Waals surface area (Å²) in [7, 11) is 2.07. The van der Waals surface area contributed by atoms with Crippen LogP contribution in [0.25, 0.3) is 11.0 Å². The molecule has 2 aromatic heterocycles. The van der Waals surface area contributed by atoms with Gasteiger partial charge < -0.3 is 24.3 Å². The number of likely N-dealkylation sites (N-methyl/N-ethyl adjacent to an activating group) is 1. The molecule has 0 fully saturated rings. The predicted octanol–water partition coefficient (Wildman–Crippen LogP) is -1.19. The van der Waals surface area contributed by atoms with Gasteiger partial charge in [-0.25, -0.2) is 9.78 Å². The first-order valence-corrected chi connectivity index (χ1v) is 7.56. The van der Waals surface area contributed by atoms with Crippen LogP contribution in [-0.2, 0) is 11.3 Å². The summed E-state index contributed by atoms with van der Waals surface area (Å²) in [6.45, 7) is 2.99. The molecular formula is C15H20BN3O5. The summed E-state index contributed by atoms with van der Waals surface area (Å²) in [5, 5.41) is 18.7. The van der Waals surface area contributed by atoms with Crippen LogP contribution in [0.1, 0.15) is 17.3 Å². The molecule has 0 aromatic carbocycles. The molecule has 24 heavy (non-hydrogen) atoms. The second-order valence-electron chi connectivity index (χ2n) is 5.60. The van der Waals surface area contributed by atoms with E-state index in [9.17, 15) is 19.6 Å². The minimum absolute atomic E-state index is 0.0831. The lowest BCUT2D eigenvalue weighted by molar-refractivity contribution is 0.0524. The van der Waals surface area contributed by atoms with E-state index >= 15 is 0 Å². The first-order chi connectivity index (χ1) is 11.3. The lowest BCUT2D eigenvalue weighted by atomic mass is 9.81. The maximum atomic E-state index is 12.6. The summed E-state index contributed by atoms with van der Waals surface area (Å²) in [4.78, 5) is 30.8. The van der Waals surface area contributed by atoms with E-state index in [0.717, 1.165) is 0 Å². The molecule has 0 amide bonds. The van der Waals surface area contributed by atoms with Crippen molar-refractivity contribution in [2.75, 3.05) is 27.2 Å². The van der Waals surface area contributed by atoms with E-state index in [1.165, 1.54) is 18.5 Å². The molecule has 0 saturated carbocycles. The van der Waals surface area contributed by atoms with Crippen molar-refractivity contribution in [3.05, 3.63) is 34.2 Å². The average Bonchev–Trinajstić information content (AvgIpc) is 2.53. The third-order valence-electron chi connectivity index (χ3n) is 3.52. The van der Waals surface area contributed by atoms with Gasteiger partial charge in [0.2, 0.25) is 5.43 Å². The standard InChI is InChI=1S/C15H20BN3O5/c1-4-24-15(21)12-9-19(6-5-18(2)3)14-11(13(12)20)7-10(8-17-14)16(22)23/h7-9,22-23H,4-6H2,1-3H3. The number of esters is 1. The molecule has 0 saturated heterocycles. The van der Waals surface area contributed by atoms with Gasteiger partial charge in [-0.2, -0.15) is 0 Å². The quantitative estimate of drug-likeness (QED) is 0.506. The van der Waals surface area contributed by atoms with Crippen molar-refractivity contribution >= 4 is 29.6 Å². The SMILES string of the molecule is CCOC(=O)c1cn(CCN(C)C)c2ncc(B(O)O)cc2c1=O. The fraction of sp³-hybridized carbons (Fsp3) is 0.400. The number of ether oxygens (including phenoxy) is 1. The number of hydrogen-bond donors (Lipinski definition) is 2. The highest BCUT2D eigenvalue weighted by Crippen LogP contribution is 2.10. The zero-order valence-corrected chi connectivity index (χ0v) is 13.9. The molecule has 0 unspecified atom stereocenters. The van der Waals surface area contributed by atoms with Gasteiger partial charge in [-0.05, 0) is 27.1 Å². The Morgan fingerprint density at radius 3 is 2.71 bits per heavy atom. The van der Waals surface area contributed by atoms with Crippen LogP contribution in [0.2, 0.25) is 0 Å². The van der Waals surface area contributed by atoms with Gasteiger partial charge >= 0.3 is 13.1 Å². The molecule has 0 bridgehead atoms.